The van der Waals surface area contributed by atoms with Gasteiger partial charge in [-0.3, -0.25) is 4.57 Å². The number of hydrogen-bond donors (Lipinski definition) is 0. The van der Waals surface area contributed by atoms with Crippen molar-refractivity contribution < 1.29 is 0 Å². The number of aromatic nitrogens is 6. The zero-order chi connectivity index (χ0) is 33.0. The summed E-state index contributed by atoms with van der Waals surface area (Å²) in [7, 11) is 0. The van der Waals surface area contributed by atoms with Gasteiger partial charge in [-0.25, -0.2) is 19.9 Å². The highest BCUT2D eigenvalue weighted by Crippen LogP contribution is 2.42. The Bertz CT molecular complexity index is 2750. The molecule has 9 aromatic rings. The lowest BCUT2D eigenvalue weighted by Crippen LogP contribution is -2.04. The third kappa shape index (κ3) is 4.49. The van der Waals surface area contributed by atoms with Crippen molar-refractivity contribution >= 4 is 49.3 Å². The second-order valence-electron chi connectivity index (χ2n) is 12.6. The molecule has 0 fully saturated rings. The summed E-state index contributed by atoms with van der Waals surface area (Å²) >= 11 is 0. The van der Waals surface area contributed by atoms with Crippen LogP contribution in [0.5, 0.6) is 0 Å². The number of nitrogens with zero attached hydrogens (tertiary/aromatic N) is 6. The van der Waals surface area contributed by atoms with E-state index in [9.17, 15) is 0 Å². The molecule has 0 saturated heterocycles. The number of allylic oxidation sites excluding steroid dienone is 4. The molecule has 4 heterocycles. The van der Waals surface area contributed by atoms with Crippen LogP contribution >= 0.6 is 0 Å². The number of fused-ring (bicyclic) bond motifs is 7. The number of pyridine rings is 1. The van der Waals surface area contributed by atoms with Crippen molar-refractivity contribution in [1.82, 2.24) is 29.1 Å². The zero-order valence-electron chi connectivity index (χ0n) is 27.1. The van der Waals surface area contributed by atoms with E-state index < -0.39 is 0 Å². The molecular formula is C44H30N6. The highest BCUT2D eigenvalue weighted by Gasteiger charge is 2.23. The van der Waals surface area contributed by atoms with Gasteiger partial charge in [-0.1, -0.05) is 127 Å². The van der Waals surface area contributed by atoms with Crippen molar-refractivity contribution in [2.24, 2.45) is 0 Å². The quantitative estimate of drug-likeness (QED) is 0.187. The predicted octanol–water partition coefficient (Wildman–Crippen LogP) is 10.7. The Morgan fingerprint density at radius 3 is 1.62 bits per heavy atom. The largest absolute Gasteiger partial charge is 0.311 e. The van der Waals surface area contributed by atoms with Crippen LogP contribution in [0.15, 0.2) is 158 Å². The average molecular weight is 643 g/mol. The van der Waals surface area contributed by atoms with E-state index in [1.54, 1.807) is 0 Å². The first-order chi connectivity index (χ1) is 24.8. The molecule has 0 N–H and O–H groups in total. The first-order valence-corrected chi connectivity index (χ1v) is 17.0. The maximum Gasteiger partial charge on any atom is 0.182 e. The highest BCUT2D eigenvalue weighted by atomic mass is 15.1. The van der Waals surface area contributed by atoms with Gasteiger partial charge in [0.15, 0.2) is 17.5 Å². The summed E-state index contributed by atoms with van der Waals surface area (Å²) in [6.45, 7) is 0. The van der Waals surface area contributed by atoms with Crippen LogP contribution in [0.2, 0.25) is 0 Å². The lowest BCUT2D eigenvalue weighted by molar-refractivity contribution is 0.978. The molecule has 1 aliphatic rings. The Kier molecular flexibility index (Phi) is 6.52. The molecular weight excluding hydrogens is 613 g/mol. The minimum absolute atomic E-state index is 0.527. The Hall–Kier alpha value is -6.66. The van der Waals surface area contributed by atoms with E-state index in [0.29, 0.717) is 23.2 Å². The summed E-state index contributed by atoms with van der Waals surface area (Å²) in [5.41, 5.74) is 8.44. The van der Waals surface area contributed by atoms with Crippen molar-refractivity contribution in [3.05, 3.63) is 158 Å². The Morgan fingerprint density at radius 2 is 1.00 bits per heavy atom. The molecule has 0 bridgehead atoms. The molecule has 1 aliphatic carbocycles. The molecule has 50 heavy (non-hydrogen) atoms. The molecule has 0 atom stereocenters. The smallest absolute Gasteiger partial charge is 0.182 e. The molecule has 4 aromatic heterocycles. The Morgan fingerprint density at radius 1 is 0.440 bits per heavy atom. The summed E-state index contributed by atoms with van der Waals surface area (Å²) in [6, 6.07) is 48.2. The van der Waals surface area contributed by atoms with Crippen LogP contribution in [-0.2, 0) is 0 Å². The van der Waals surface area contributed by atoms with Crippen LogP contribution in [0, 0.1) is 0 Å². The minimum atomic E-state index is 0.527. The van der Waals surface area contributed by atoms with Crippen molar-refractivity contribution in [2.45, 2.75) is 12.8 Å². The van der Waals surface area contributed by atoms with Gasteiger partial charge in [-0.15, -0.1) is 0 Å². The predicted molar refractivity (Wildman–Crippen MR) is 204 cm³/mol. The van der Waals surface area contributed by atoms with E-state index in [-0.39, 0.29) is 0 Å². The van der Waals surface area contributed by atoms with E-state index in [2.05, 4.69) is 100 Å². The molecule has 0 unspecified atom stereocenters. The summed E-state index contributed by atoms with van der Waals surface area (Å²) in [6.07, 6.45) is 8.68. The number of para-hydroxylation sites is 2. The molecule has 6 heteroatoms. The van der Waals surface area contributed by atoms with Gasteiger partial charge in [-0.05, 0) is 43.2 Å². The molecule has 236 valence electrons. The van der Waals surface area contributed by atoms with Gasteiger partial charge in [0.1, 0.15) is 11.5 Å². The normalized spacial score (nSPS) is 13.1. The number of benzene rings is 5. The molecule has 6 nitrogen and oxygen atoms in total. The van der Waals surface area contributed by atoms with E-state index in [1.165, 1.54) is 38.3 Å². The topological polar surface area (TPSA) is 61.4 Å². The molecule has 0 amide bonds. The molecule has 10 rings (SSSR count). The van der Waals surface area contributed by atoms with Gasteiger partial charge in [0.05, 0.1) is 22.1 Å². The van der Waals surface area contributed by atoms with Gasteiger partial charge in [0, 0.05) is 38.4 Å². The molecule has 0 aliphatic heterocycles. The summed E-state index contributed by atoms with van der Waals surface area (Å²) in [4.78, 5) is 20.2. The van der Waals surface area contributed by atoms with Crippen LogP contribution < -0.4 is 0 Å². The SMILES string of the molecule is C1=CCCC(n2c3ccccc3c3ccc4c5ccccc5n(-c5cccc(-c6nc(-c7ccccc7)nc(-c7ccccc7)n6)n5)c4c32)=C1. The lowest BCUT2D eigenvalue weighted by atomic mass is 10.1. The lowest BCUT2D eigenvalue weighted by Gasteiger charge is -2.16. The molecule has 0 saturated carbocycles. The first-order valence-electron chi connectivity index (χ1n) is 17.0. The standard InChI is InChI=1S/C44H30N6/c1-4-15-29(16-5-1)42-46-43(30-17-6-2-7-18-30)48-44(47-42)36-23-14-26-39(45-36)50-38-25-13-11-22-33(38)35-28-27-34-32-21-10-12-24-37(32)49(40(34)41(35)50)31-19-8-3-9-20-31/h1-8,10-19,21-28H,9,20H2. The minimum Gasteiger partial charge on any atom is -0.311 e. The van der Waals surface area contributed by atoms with Gasteiger partial charge < -0.3 is 4.57 Å². The fourth-order valence-electron chi connectivity index (χ4n) is 7.41. The van der Waals surface area contributed by atoms with Crippen molar-refractivity contribution in [1.29, 1.82) is 0 Å². The van der Waals surface area contributed by atoms with Gasteiger partial charge in [-0.2, -0.15) is 0 Å². The fraction of sp³-hybridized carbons (Fsp3) is 0.0455. The van der Waals surface area contributed by atoms with E-state index >= 15 is 0 Å². The van der Waals surface area contributed by atoms with Crippen LogP contribution in [0.4, 0.5) is 0 Å². The monoisotopic (exact) mass is 642 g/mol. The van der Waals surface area contributed by atoms with E-state index in [4.69, 9.17) is 19.9 Å². The first kappa shape index (κ1) is 28.4. The van der Waals surface area contributed by atoms with Crippen molar-refractivity contribution in [3.8, 4) is 40.1 Å². The maximum absolute atomic E-state index is 5.33. The van der Waals surface area contributed by atoms with Crippen LogP contribution in [0.25, 0.3) is 89.4 Å². The van der Waals surface area contributed by atoms with Crippen molar-refractivity contribution in [3.63, 3.8) is 0 Å². The fourth-order valence-corrected chi connectivity index (χ4v) is 7.41. The zero-order valence-corrected chi connectivity index (χ0v) is 27.1. The molecule has 5 aromatic carbocycles. The van der Waals surface area contributed by atoms with Gasteiger partial charge in [0.25, 0.3) is 0 Å². The summed E-state index contributed by atoms with van der Waals surface area (Å²) in [5.74, 6) is 2.55. The van der Waals surface area contributed by atoms with Gasteiger partial charge in [0.2, 0.25) is 0 Å². The maximum atomic E-state index is 5.33. The second-order valence-corrected chi connectivity index (χ2v) is 12.6. The molecule has 0 spiro atoms. The van der Waals surface area contributed by atoms with E-state index in [0.717, 1.165) is 40.8 Å². The van der Waals surface area contributed by atoms with Crippen LogP contribution in [0.3, 0.4) is 0 Å². The van der Waals surface area contributed by atoms with Crippen molar-refractivity contribution in [2.75, 3.05) is 0 Å². The number of rotatable bonds is 5. The van der Waals surface area contributed by atoms with Gasteiger partial charge >= 0.3 is 0 Å². The second kappa shape index (κ2) is 11.5. The van der Waals surface area contributed by atoms with E-state index in [1.807, 2.05) is 66.7 Å². The summed E-state index contributed by atoms with van der Waals surface area (Å²) in [5, 5.41) is 4.84. The number of hydrogen-bond acceptors (Lipinski definition) is 4. The Balaban J connectivity index is 1.26. The average Bonchev–Trinajstić information content (AvgIpc) is 3.72. The third-order valence-corrected chi connectivity index (χ3v) is 9.64. The Labute approximate surface area is 288 Å². The molecule has 0 radical (unpaired) electrons. The summed E-state index contributed by atoms with van der Waals surface area (Å²) < 4.78 is 4.79. The van der Waals surface area contributed by atoms with Crippen LogP contribution in [-0.4, -0.2) is 29.1 Å². The van der Waals surface area contributed by atoms with Crippen LogP contribution in [0.1, 0.15) is 12.8 Å². The third-order valence-electron chi connectivity index (χ3n) is 9.64. The highest BCUT2D eigenvalue weighted by molar-refractivity contribution is 6.24.